The molecule has 0 aliphatic heterocycles. The summed E-state index contributed by atoms with van der Waals surface area (Å²) in [4.78, 5) is 8.41. The standard InChI is InChI=1S/C13H7BrN3O/c14-11-6-10(7-15-8-11)12-16-13(18-17-12)9-4-2-1-3-5-9/h2-8H. The van der Waals surface area contributed by atoms with E-state index in [9.17, 15) is 0 Å². The minimum atomic E-state index is 0.485. The van der Waals surface area contributed by atoms with Crippen molar-refractivity contribution >= 4 is 15.9 Å². The molecule has 0 saturated heterocycles. The van der Waals surface area contributed by atoms with Crippen molar-refractivity contribution in [1.82, 2.24) is 15.1 Å². The second-order valence-corrected chi connectivity index (χ2v) is 4.52. The Bertz CT molecular complexity index is 667. The van der Waals surface area contributed by atoms with Crippen LogP contribution in [0.25, 0.3) is 22.8 Å². The molecule has 0 N–H and O–H groups in total. The van der Waals surface area contributed by atoms with Gasteiger partial charge in [0.2, 0.25) is 5.82 Å². The van der Waals surface area contributed by atoms with E-state index < -0.39 is 0 Å². The Kier molecular flexibility index (Phi) is 2.90. The Hall–Kier alpha value is -2.01. The van der Waals surface area contributed by atoms with Crippen molar-refractivity contribution in [3.05, 3.63) is 53.3 Å². The van der Waals surface area contributed by atoms with Crippen LogP contribution < -0.4 is 0 Å². The minimum Gasteiger partial charge on any atom is -0.334 e. The summed E-state index contributed by atoms with van der Waals surface area (Å²) in [6.07, 6.45) is 3.40. The summed E-state index contributed by atoms with van der Waals surface area (Å²) in [6.45, 7) is 0. The monoisotopic (exact) mass is 300 g/mol. The first-order valence-electron chi connectivity index (χ1n) is 5.24. The summed E-state index contributed by atoms with van der Waals surface area (Å²) < 4.78 is 6.10. The van der Waals surface area contributed by atoms with Crippen LogP contribution in [0.2, 0.25) is 0 Å². The topological polar surface area (TPSA) is 51.8 Å². The third-order valence-corrected chi connectivity index (χ3v) is 2.79. The normalized spacial score (nSPS) is 10.5. The summed E-state index contributed by atoms with van der Waals surface area (Å²) >= 11 is 3.36. The van der Waals surface area contributed by atoms with Gasteiger partial charge >= 0.3 is 0 Å². The number of rotatable bonds is 2. The average Bonchev–Trinajstić information content (AvgIpc) is 2.89. The van der Waals surface area contributed by atoms with Crippen LogP contribution in [0.3, 0.4) is 0 Å². The molecule has 0 aliphatic carbocycles. The van der Waals surface area contributed by atoms with E-state index in [0.29, 0.717) is 11.7 Å². The van der Waals surface area contributed by atoms with Crippen molar-refractivity contribution < 1.29 is 4.52 Å². The van der Waals surface area contributed by atoms with Gasteiger partial charge in [-0.15, -0.1) is 0 Å². The number of halogens is 1. The maximum Gasteiger partial charge on any atom is 0.258 e. The molecule has 18 heavy (non-hydrogen) atoms. The second-order valence-electron chi connectivity index (χ2n) is 3.60. The molecule has 0 saturated carbocycles. The van der Waals surface area contributed by atoms with Gasteiger partial charge in [-0.1, -0.05) is 17.3 Å². The van der Waals surface area contributed by atoms with E-state index >= 15 is 0 Å². The lowest BCUT2D eigenvalue weighted by Crippen LogP contribution is -1.83. The molecule has 2 aromatic heterocycles. The van der Waals surface area contributed by atoms with Gasteiger partial charge in [0.1, 0.15) is 0 Å². The molecule has 2 heterocycles. The van der Waals surface area contributed by atoms with Crippen LogP contribution in [-0.4, -0.2) is 15.1 Å². The largest absolute Gasteiger partial charge is 0.334 e. The fraction of sp³-hybridized carbons (Fsp3) is 0. The number of nitrogens with zero attached hydrogens (tertiary/aromatic N) is 3. The molecular formula is C13H7BrN3O. The maximum absolute atomic E-state index is 5.23. The van der Waals surface area contributed by atoms with E-state index in [1.165, 1.54) is 0 Å². The van der Waals surface area contributed by atoms with Crippen LogP contribution in [0, 0.1) is 6.07 Å². The fourth-order valence-corrected chi connectivity index (χ4v) is 1.89. The molecule has 3 aromatic rings. The molecule has 0 bridgehead atoms. The Labute approximate surface area is 112 Å². The van der Waals surface area contributed by atoms with Gasteiger partial charge in [-0.2, -0.15) is 4.98 Å². The summed E-state index contributed by atoms with van der Waals surface area (Å²) in [5, 5.41) is 3.95. The second kappa shape index (κ2) is 4.70. The minimum absolute atomic E-state index is 0.485. The molecule has 5 heteroatoms. The lowest BCUT2D eigenvalue weighted by atomic mass is 10.2. The third kappa shape index (κ3) is 2.17. The Balaban J connectivity index is 2.00. The SMILES string of the molecule is Brc1cncc(-c2noc(-c3cc[c]cc3)n2)c1. The van der Waals surface area contributed by atoms with Crippen LogP contribution in [0.4, 0.5) is 0 Å². The Morgan fingerprint density at radius 3 is 2.72 bits per heavy atom. The fourth-order valence-electron chi connectivity index (χ4n) is 1.52. The number of benzene rings is 1. The molecule has 87 valence electrons. The quantitative estimate of drug-likeness (QED) is 0.728. The zero-order valence-electron chi connectivity index (χ0n) is 9.17. The Morgan fingerprint density at radius 1 is 1.11 bits per heavy atom. The first kappa shape index (κ1) is 11.1. The highest BCUT2D eigenvalue weighted by Gasteiger charge is 2.10. The molecule has 3 rings (SSSR count). The molecule has 0 unspecified atom stereocenters. The Morgan fingerprint density at radius 2 is 1.94 bits per heavy atom. The smallest absolute Gasteiger partial charge is 0.258 e. The highest BCUT2D eigenvalue weighted by molar-refractivity contribution is 9.10. The summed E-state index contributed by atoms with van der Waals surface area (Å²) in [7, 11) is 0. The molecule has 0 amide bonds. The first-order chi connectivity index (χ1) is 8.83. The van der Waals surface area contributed by atoms with Gasteiger partial charge in [-0.3, -0.25) is 4.98 Å². The molecule has 0 atom stereocenters. The van der Waals surface area contributed by atoms with Gasteiger partial charge in [0.25, 0.3) is 5.89 Å². The van der Waals surface area contributed by atoms with Crippen LogP contribution in [-0.2, 0) is 0 Å². The van der Waals surface area contributed by atoms with E-state index in [2.05, 4.69) is 37.1 Å². The van der Waals surface area contributed by atoms with Gasteiger partial charge in [0, 0.05) is 28.0 Å². The van der Waals surface area contributed by atoms with E-state index in [1.807, 2.05) is 18.2 Å². The number of hydrogen-bond donors (Lipinski definition) is 0. The van der Waals surface area contributed by atoms with Crippen molar-refractivity contribution in [2.45, 2.75) is 0 Å². The lowest BCUT2D eigenvalue weighted by molar-refractivity contribution is 0.432. The maximum atomic E-state index is 5.23. The van der Waals surface area contributed by atoms with Crippen molar-refractivity contribution in [3.63, 3.8) is 0 Å². The summed E-state index contributed by atoms with van der Waals surface area (Å²) in [5.74, 6) is 1.01. The van der Waals surface area contributed by atoms with Gasteiger partial charge in [0.05, 0.1) is 0 Å². The summed E-state index contributed by atoms with van der Waals surface area (Å²) in [5.41, 5.74) is 1.68. The van der Waals surface area contributed by atoms with E-state index in [-0.39, 0.29) is 0 Å². The highest BCUT2D eigenvalue weighted by atomic mass is 79.9. The van der Waals surface area contributed by atoms with Crippen molar-refractivity contribution in [3.8, 4) is 22.8 Å². The molecule has 0 fully saturated rings. The number of hydrogen-bond acceptors (Lipinski definition) is 4. The van der Waals surface area contributed by atoms with E-state index in [1.54, 1.807) is 24.5 Å². The van der Waals surface area contributed by atoms with Crippen LogP contribution in [0.5, 0.6) is 0 Å². The average molecular weight is 301 g/mol. The highest BCUT2D eigenvalue weighted by Crippen LogP contribution is 2.22. The molecule has 0 spiro atoms. The van der Waals surface area contributed by atoms with Gasteiger partial charge in [0.15, 0.2) is 0 Å². The summed E-state index contributed by atoms with van der Waals surface area (Å²) in [6, 6.07) is 12.2. The van der Waals surface area contributed by atoms with Crippen LogP contribution in [0.1, 0.15) is 0 Å². The molecule has 1 radical (unpaired) electrons. The number of pyridine rings is 1. The molecule has 4 nitrogen and oxygen atoms in total. The van der Waals surface area contributed by atoms with Crippen molar-refractivity contribution in [2.24, 2.45) is 0 Å². The lowest BCUT2D eigenvalue weighted by Gasteiger charge is -1.93. The van der Waals surface area contributed by atoms with Crippen LogP contribution >= 0.6 is 15.9 Å². The molecule has 1 aromatic carbocycles. The van der Waals surface area contributed by atoms with Gasteiger partial charge in [-0.25, -0.2) is 0 Å². The molecular weight excluding hydrogens is 294 g/mol. The third-order valence-electron chi connectivity index (χ3n) is 2.35. The van der Waals surface area contributed by atoms with E-state index in [0.717, 1.165) is 15.6 Å². The van der Waals surface area contributed by atoms with E-state index in [4.69, 9.17) is 4.52 Å². The zero-order valence-corrected chi connectivity index (χ0v) is 10.8. The number of aromatic nitrogens is 3. The van der Waals surface area contributed by atoms with Crippen LogP contribution in [0.15, 0.2) is 51.7 Å². The predicted molar refractivity (Wildman–Crippen MR) is 69.5 cm³/mol. The van der Waals surface area contributed by atoms with Crippen molar-refractivity contribution in [1.29, 1.82) is 0 Å². The first-order valence-corrected chi connectivity index (χ1v) is 6.03. The van der Waals surface area contributed by atoms with Gasteiger partial charge < -0.3 is 4.52 Å². The zero-order chi connectivity index (χ0) is 12.4. The van der Waals surface area contributed by atoms with Crippen molar-refractivity contribution in [2.75, 3.05) is 0 Å². The molecule has 0 aliphatic rings. The van der Waals surface area contributed by atoms with Gasteiger partial charge in [-0.05, 0) is 40.2 Å². The predicted octanol–water partition coefficient (Wildman–Crippen LogP) is 3.36.